The fourth-order valence-corrected chi connectivity index (χ4v) is 4.06. The molecule has 0 amide bonds. The third-order valence-corrected chi connectivity index (χ3v) is 6.09. The summed E-state index contributed by atoms with van der Waals surface area (Å²) in [7, 11) is 0. The third kappa shape index (κ3) is 5.37. The van der Waals surface area contributed by atoms with E-state index < -0.39 is 112 Å². The first-order valence-corrected chi connectivity index (χ1v) is 10.6. The summed E-state index contributed by atoms with van der Waals surface area (Å²) in [4.78, 5) is 0. The lowest BCUT2D eigenvalue weighted by molar-refractivity contribution is -0.377. The Kier molecular flexibility index (Phi) is 9.54. The molecule has 0 aromatic rings. The Hall–Kier alpha value is -0.640. The highest BCUT2D eigenvalue weighted by molar-refractivity contribution is 4.96. The minimum Gasteiger partial charge on any atom is -0.394 e. The maximum absolute atomic E-state index is 10.6. The average molecular weight is 504 g/mol. The van der Waals surface area contributed by atoms with E-state index in [9.17, 15) is 56.2 Å². The molecule has 34 heavy (non-hydrogen) atoms. The molecule has 3 aliphatic rings. The summed E-state index contributed by atoms with van der Waals surface area (Å²) in [6.07, 6.45) is -25.1. The molecule has 16 heteroatoms. The van der Waals surface area contributed by atoms with Gasteiger partial charge in [0.15, 0.2) is 18.9 Å². The quantitative estimate of drug-likeness (QED) is 0.154. The Balaban J connectivity index is 1.72. The van der Waals surface area contributed by atoms with Crippen molar-refractivity contribution in [1.82, 2.24) is 0 Å². The molecule has 3 heterocycles. The summed E-state index contributed by atoms with van der Waals surface area (Å²) in [5.41, 5.74) is 0. The van der Waals surface area contributed by atoms with E-state index in [-0.39, 0.29) is 0 Å². The van der Waals surface area contributed by atoms with E-state index in [1.165, 1.54) is 0 Å². The Morgan fingerprint density at radius 3 is 1.35 bits per heavy atom. The van der Waals surface area contributed by atoms with Gasteiger partial charge in [0.2, 0.25) is 0 Å². The molecular weight excluding hydrogens is 472 g/mol. The van der Waals surface area contributed by atoms with Gasteiger partial charge in [-0.15, -0.1) is 0 Å². The predicted molar refractivity (Wildman–Crippen MR) is 101 cm³/mol. The van der Waals surface area contributed by atoms with Crippen LogP contribution < -0.4 is 0 Å². The van der Waals surface area contributed by atoms with Gasteiger partial charge < -0.3 is 79.9 Å². The number of hydrogen-bond acceptors (Lipinski definition) is 16. The van der Waals surface area contributed by atoms with Gasteiger partial charge in [-0.1, -0.05) is 0 Å². The highest BCUT2D eigenvalue weighted by Crippen LogP contribution is 2.32. The zero-order valence-electron chi connectivity index (χ0n) is 17.7. The van der Waals surface area contributed by atoms with E-state index in [1.54, 1.807) is 0 Å². The van der Waals surface area contributed by atoms with Crippen LogP contribution in [0.5, 0.6) is 0 Å². The van der Waals surface area contributed by atoms with E-state index in [2.05, 4.69) is 0 Å². The van der Waals surface area contributed by atoms with Crippen molar-refractivity contribution in [2.45, 2.75) is 92.1 Å². The smallest absolute Gasteiger partial charge is 0.187 e. The minimum absolute atomic E-state index is 0.741. The maximum Gasteiger partial charge on any atom is 0.187 e. The monoisotopic (exact) mass is 504 g/mol. The van der Waals surface area contributed by atoms with Gasteiger partial charge in [-0.05, 0) is 0 Å². The normalized spacial score (nSPS) is 52.5. The minimum atomic E-state index is -1.91. The summed E-state index contributed by atoms with van der Waals surface area (Å²) in [6.45, 7) is -2.32. The van der Waals surface area contributed by atoms with Crippen molar-refractivity contribution in [3.8, 4) is 0 Å². The largest absolute Gasteiger partial charge is 0.394 e. The van der Waals surface area contributed by atoms with E-state index in [0.717, 1.165) is 0 Å². The van der Waals surface area contributed by atoms with Crippen molar-refractivity contribution >= 4 is 0 Å². The Morgan fingerprint density at radius 2 is 0.853 bits per heavy atom. The van der Waals surface area contributed by atoms with E-state index in [4.69, 9.17) is 23.7 Å². The number of rotatable bonds is 7. The van der Waals surface area contributed by atoms with Crippen LogP contribution in [0, 0.1) is 0 Å². The van der Waals surface area contributed by atoms with Crippen LogP contribution in [-0.4, -0.2) is 168 Å². The van der Waals surface area contributed by atoms with Crippen LogP contribution in [0.15, 0.2) is 0 Å². The second-order valence-electron chi connectivity index (χ2n) is 8.33. The summed E-state index contributed by atoms with van der Waals surface area (Å²) in [6, 6.07) is 0. The van der Waals surface area contributed by atoms with Gasteiger partial charge in [-0.25, -0.2) is 0 Å². The van der Waals surface area contributed by atoms with Crippen LogP contribution in [0.3, 0.4) is 0 Å². The fourth-order valence-electron chi connectivity index (χ4n) is 4.06. The van der Waals surface area contributed by atoms with E-state index >= 15 is 0 Å². The second kappa shape index (κ2) is 11.6. The second-order valence-corrected chi connectivity index (χ2v) is 8.33. The topological polar surface area (TPSA) is 269 Å². The molecule has 3 aliphatic heterocycles. The molecule has 3 rings (SSSR count). The Labute approximate surface area is 192 Å². The molecular formula is C18H32O16. The van der Waals surface area contributed by atoms with Crippen molar-refractivity contribution < 1.29 is 79.9 Å². The molecule has 0 spiro atoms. The van der Waals surface area contributed by atoms with Crippen molar-refractivity contribution in [3.63, 3.8) is 0 Å². The number of ether oxygens (including phenoxy) is 5. The molecule has 0 bridgehead atoms. The number of hydrogen-bond donors (Lipinski definition) is 11. The van der Waals surface area contributed by atoms with Crippen LogP contribution in [0.1, 0.15) is 0 Å². The molecule has 0 aromatic carbocycles. The highest BCUT2D eigenvalue weighted by Gasteiger charge is 2.53. The molecule has 0 unspecified atom stereocenters. The first-order chi connectivity index (χ1) is 16.0. The third-order valence-electron chi connectivity index (χ3n) is 6.09. The standard InChI is InChI=1S/C18H32O16/c19-1-4-7(22)8(23)12(27)17(31-4)34-15-6(3-21)32-18(13(28)10(15)25)33-14-5(2-20)30-16(29)11(26)9(14)24/h4-29H,1-3H2/t4-,5-,6-,7+,8+,9-,10-,11-,12-,13-,14+,15+,16+,17+,18+/m1/s1. The number of aliphatic hydroxyl groups is 11. The van der Waals surface area contributed by atoms with Crippen molar-refractivity contribution in [3.05, 3.63) is 0 Å². The van der Waals surface area contributed by atoms with E-state index in [0.29, 0.717) is 0 Å². The first-order valence-electron chi connectivity index (χ1n) is 10.6. The highest BCUT2D eigenvalue weighted by atomic mass is 16.8. The van der Waals surface area contributed by atoms with Gasteiger partial charge in [0.05, 0.1) is 19.8 Å². The van der Waals surface area contributed by atoms with Crippen molar-refractivity contribution in [2.75, 3.05) is 19.8 Å². The maximum atomic E-state index is 10.6. The molecule has 0 aromatic heterocycles. The molecule has 0 saturated carbocycles. The van der Waals surface area contributed by atoms with Crippen LogP contribution >= 0.6 is 0 Å². The fraction of sp³-hybridized carbons (Fsp3) is 1.00. The van der Waals surface area contributed by atoms with Crippen LogP contribution in [0.25, 0.3) is 0 Å². The van der Waals surface area contributed by atoms with Gasteiger partial charge in [-0.3, -0.25) is 0 Å². The average Bonchev–Trinajstić information content (AvgIpc) is 2.83. The molecule has 16 nitrogen and oxygen atoms in total. The lowest BCUT2D eigenvalue weighted by atomic mass is 9.96. The molecule has 3 fully saturated rings. The van der Waals surface area contributed by atoms with Crippen LogP contribution in [0.4, 0.5) is 0 Å². The molecule has 15 atom stereocenters. The predicted octanol–water partition coefficient (Wildman–Crippen LogP) is -7.57. The first kappa shape index (κ1) is 27.9. The van der Waals surface area contributed by atoms with Gasteiger partial charge in [0.25, 0.3) is 0 Å². The SMILES string of the molecule is OC[C@H]1O[C@@H](O[C@@H]2[C@H](O)[C@@H](O)[C@H](O[C@@H]3[C@H](O)[C@@H](O)[C@@H](O)O[C@@H]3CO)O[C@@H]2CO)[C@H](O)[C@@H](O)[C@H]1O. The van der Waals surface area contributed by atoms with Gasteiger partial charge in [-0.2, -0.15) is 0 Å². The zero-order chi connectivity index (χ0) is 25.3. The van der Waals surface area contributed by atoms with E-state index in [1.807, 2.05) is 0 Å². The van der Waals surface area contributed by atoms with Crippen LogP contribution in [0.2, 0.25) is 0 Å². The summed E-state index contributed by atoms with van der Waals surface area (Å²) in [5, 5.41) is 109. The van der Waals surface area contributed by atoms with Gasteiger partial charge in [0, 0.05) is 0 Å². The van der Waals surface area contributed by atoms with Gasteiger partial charge >= 0.3 is 0 Å². The molecule has 0 aliphatic carbocycles. The lowest BCUT2D eigenvalue weighted by Gasteiger charge is -2.47. The summed E-state index contributed by atoms with van der Waals surface area (Å²) >= 11 is 0. The number of aliphatic hydroxyl groups excluding tert-OH is 11. The Morgan fingerprint density at radius 1 is 0.441 bits per heavy atom. The zero-order valence-corrected chi connectivity index (χ0v) is 17.7. The van der Waals surface area contributed by atoms with Crippen molar-refractivity contribution in [2.24, 2.45) is 0 Å². The molecule has 11 N–H and O–H groups in total. The summed E-state index contributed by atoms with van der Waals surface area (Å²) in [5.74, 6) is 0. The van der Waals surface area contributed by atoms with Crippen LogP contribution in [-0.2, 0) is 23.7 Å². The molecule has 3 saturated heterocycles. The lowest BCUT2D eigenvalue weighted by Crippen LogP contribution is -2.66. The van der Waals surface area contributed by atoms with Gasteiger partial charge in [0.1, 0.15) is 73.2 Å². The summed E-state index contributed by atoms with van der Waals surface area (Å²) < 4.78 is 26.4. The molecule has 200 valence electrons. The van der Waals surface area contributed by atoms with Crippen molar-refractivity contribution in [1.29, 1.82) is 0 Å². The molecule has 0 radical (unpaired) electrons. The Bertz CT molecular complexity index is 635.